The molecule has 0 aromatic carbocycles. The molecule has 0 nitrogen and oxygen atoms in total. The van der Waals surface area contributed by atoms with Crippen molar-refractivity contribution in [1.82, 2.24) is 0 Å². The maximum Gasteiger partial charge on any atom is -0.0234 e. The standard InChI is InChI=1S/C20H44P2/c1-6-10-15-21(16-11-7-2)19-14-20(5)22(17-12-8-3)18-13-9-4/h20H,6-19H2,1-5H3. The Morgan fingerprint density at radius 1 is 0.591 bits per heavy atom. The third kappa shape index (κ3) is 12.3. The van der Waals surface area contributed by atoms with E-state index in [1.807, 2.05) is 0 Å². The lowest BCUT2D eigenvalue weighted by Gasteiger charge is -2.27. The molecule has 1 atom stereocenters. The van der Waals surface area contributed by atoms with Crippen LogP contribution in [-0.2, 0) is 0 Å². The summed E-state index contributed by atoms with van der Waals surface area (Å²) in [4.78, 5) is 0. The maximum absolute atomic E-state index is 2.59. The summed E-state index contributed by atoms with van der Waals surface area (Å²) < 4.78 is 0. The Hall–Kier alpha value is 0.860. The molecule has 2 heteroatoms. The number of unbranched alkanes of at least 4 members (excludes halogenated alkanes) is 4. The molecule has 0 saturated heterocycles. The molecule has 0 N–H and O–H groups in total. The van der Waals surface area contributed by atoms with Crippen molar-refractivity contribution in [3.63, 3.8) is 0 Å². The normalized spacial score (nSPS) is 13.2. The van der Waals surface area contributed by atoms with Crippen molar-refractivity contribution in [2.24, 2.45) is 0 Å². The molecular weight excluding hydrogens is 302 g/mol. The molecule has 0 aromatic heterocycles. The average Bonchev–Trinajstić information content (AvgIpc) is 2.54. The summed E-state index contributed by atoms with van der Waals surface area (Å²) in [5, 5.41) is 0. The van der Waals surface area contributed by atoms with Crippen molar-refractivity contribution in [2.75, 3.05) is 30.8 Å². The smallest absolute Gasteiger partial charge is 0.0234 e. The third-order valence-corrected chi connectivity index (χ3v) is 10.8. The summed E-state index contributed by atoms with van der Waals surface area (Å²) in [6, 6.07) is 0. The van der Waals surface area contributed by atoms with E-state index in [9.17, 15) is 0 Å². The van der Waals surface area contributed by atoms with E-state index >= 15 is 0 Å². The lowest BCUT2D eigenvalue weighted by molar-refractivity contribution is 0.824. The van der Waals surface area contributed by atoms with Gasteiger partial charge in [0.2, 0.25) is 0 Å². The van der Waals surface area contributed by atoms with Crippen molar-refractivity contribution >= 4 is 15.8 Å². The van der Waals surface area contributed by atoms with Crippen LogP contribution >= 0.6 is 15.8 Å². The molecule has 0 aliphatic carbocycles. The predicted molar refractivity (Wildman–Crippen MR) is 112 cm³/mol. The molecule has 0 radical (unpaired) electrons. The Balaban J connectivity index is 4.23. The second-order valence-corrected chi connectivity index (χ2v) is 12.6. The zero-order valence-corrected chi connectivity index (χ0v) is 18.2. The lowest BCUT2D eigenvalue weighted by atomic mass is 10.4. The van der Waals surface area contributed by atoms with Crippen LogP contribution in [0, 0.1) is 0 Å². The molecule has 0 heterocycles. The molecular formula is C20H44P2. The minimum atomic E-state index is 0.320. The van der Waals surface area contributed by atoms with E-state index in [2.05, 4.69) is 34.6 Å². The zero-order chi connectivity index (χ0) is 16.6. The van der Waals surface area contributed by atoms with E-state index in [0.717, 1.165) is 5.66 Å². The highest BCUT2D eigenvalue weighted by Gasteiger charge is 2.17. The first-order valence-corrected chi connectivity index (χ1v) is 13.8. The molecule has 0 aliphatic rings. The predicted octanol–water partition coefficient (Wildman–Crippen LogP) is 7.93. The largest absolute Gasteiger partial charge is 0.107 e. The van der Waals surface area contributed by atoms with Gasteiger partial charge in [0.1, 0.15) is 0 Å². The Morgan fingerprint density at radius 3 is 1.41 bits per heavy atom. The van der Waals surface area contributed by atoms with Crippen LogP contribution in [0.25, 0.3) is 0 Å². The highest BCUT2D eigenvalue weighted by molar-refractivity contribution is 7.59. The molecule has 22 heavy (non-hydrogen) atoms. The Morgan fingerprint density at radius 2 is 1.00 bits per heavy atom. The fourth-order valence-electron chi connectivity index (χ4n) is 2.93. The minimum absolute atomic E-state index is 0.320. The van der Waals surface area contributed by atoms with Gasteiger partial charge in [-0.15, -0.1) is 15.8 Å². The van der Waals surface area contributed by atoms with Gasteiger partial charge in [-0.25, -0.2) is 0 Å². The number of hydrogen-bond acceptors (Lipinski definition) is 0. The molecule has 0 aliphatic heterocycles. The Bertz CT molecular complexity index is 202. The summed E-state index contributed by atoms with van der Waals surface area (Å²) in [5.74, 6) is 0. The van der Waals surface area contributed by atoms with Gasteiger partial charge in [0.05, 0.1) is 0 Å². The second kappa shape index (κ2) is 16.7. The fourth-order valence-corrected chi connectivity index (χ4v) is 9.12. The van der Waals surface area contributed by atoms with Crippen LogP contribution in [-0.4, -0.2) is 36.5 Å². The molecule has 0 spiro atoms. The Labute approximate surface area is 145 Å². The van der Waals surface area contributed by atoms with E-state index in [0.29, 0.717) is 15.8 Å². The van der Waals surface area contributed by atoms with Gasteiger partial charge in [-0.2, -0.15) is 0 Å². The minimum Gasteiger partial charge on any atom is -0.107 e. The topological polar surface area (TPSA) is 0 Å². The monoisotopic (exact) mass is 346 g/mol. The molecule has 134 valence electrons. The van der Waals surface area contributed by atoms with Gasteiger partial charge in [0.15, 0.2) is 0 Å². The van der Waals surface area contributed by atoms with Crippen molar-refractivity contribution in [2.45, 2.75) is 98.1 Å². The van der Waals surface area contributed by atoms with Crippen LogP contribution in [0.5, 0.6) is 0 Å². The van der Waals surface area contributed by atoms with E-state index in [1.165, 1.54) is 57.8 Å². The molecule has 0 rings (SSSR count). The average molecular weight is 347 g/mol. The van der Waals surface area contributed by atoms with Crippen molar-refractivity contribution < 1.29 is 0 Å². The number of rotatable bonds is 16. The van der Waals surface area contributed by atoms with Crippen LogP contribution < -0.4 is 0 Å². The van der Waals surface area contributed by atoms with Gasteiger partial charge >= 0.3 is 0 Å². The molecule has 0 bridgehead atoms. The van der Waals surface area contributed by atoms with Gasteiger partial charge in [-0.05, 0) is 68.6 Å². The molecule has 1 unspecified atom stereocenters. The third-order valence-electron chi connectivity index (χ3n) is 4.74. The van der Waals surface area contributed by atoms with Crippen molar-refractivity contribution in [3.05, 3.63) is 0 Å². The van der Waals surface area contributed by atoms with Crippen LogP contribution in [0.3, 0.4) is 0 Å². The van der Waals surface area contributed by atoms with E-state index in [-0.39, 0.29) is 0 Å². The highest BCUT2D eigenvalue weighted by Crippen LogP contribution is 2.47. The first-order valence-electron chi connectivity index (χ1n) is 10.2. The second-order valence-electron chi connectivity index (χ2n) is 6.93. The van der Waals surface area contributed by atoms with E-state index < -0.39 is 0 Å². The lowest BCUT2D eigenvalue weighted by Crippen LogP contribution is -2.09. The zero-order valence-electron chi connectivity index (χ0n) is 16.4. The summed E-state index contributed by atoms with van der Waals surface area (Å²) >= 11 is 0. The van der Waals surface area contributed by atoms with E-state index in [1.54, 1.807) is 30.8 Å². The van der Waals surface area contributed by atoms with Crippen LogP contribution in [0.2, 0.25) is 0 Å². The fraction of sp³-hybridized carbons (Fsp3) is 1.00. The quantitative estimate of drug-likeness (QED) is 0.249. The molecule has 0 fully saturated rings. The summed E-state index contributed by atoms with van der Waals surface area (Å²) in [5.41, 5.74) is 1.03. The SMILES string of the molecule is CCCCP(CCCC)CCC(C)P(CCCC)CCCC. The van der Waals surface area contributed by atoms with Gasteiger partial charge in [-0.3, -0.25) is 0 Å². The van der Waals surface area contributed by atoms with Crippen LogP contribution in [0.4, 0.5) is 0 Å². The molecule has 0 amide bonds. The Kier molecular flexibility index (Phi) is 17.4. The summed E-state index contributed by atoms with van der Waals surface area (Å²) in [6.45, 7) is 12.0. The van der Waals surface area contributed by atoms with Crippen LogP contribution in [0.1, 0.15) is 92.4 Å². The number of hydrogen-bond donors (Lipinski definition) is 0. The summed E-state index contributed by atoms with van der Waals surface area (Å²) in [7, 11) is 0.675. The molecule has 0 aromatic rings. The van der Waals surface area contributed by atoms with Gasteiger partial charge in [0.25, 0.3) is 0 Å². The van der Waals surface area contributed by atoms with Crippen LogP contribution in [0.15, 0.2) is 0 Å². The van der Waals surface area contributed by atoms with Crippen molar-refractivity contribution in [1.29, 1.82) is 0 Å². The first-order chi connectivity index (χ1) is 10.7. The van der Waals surface area contributed by atoms with Gasteiger partial charge < -0.3 is 0 Å². The van der Waals surface area contributed by atoms with Crippen molar-refractivity contribution in [3.8, 4) is 0 Å². The summed E-state index contributed by atoms with van der Waals surface area (Å²) in [6.07, 6.45) is 20.8. The van der Waals surface area contributed by atoms with E-state index in [4.69, 9.17) is 0 Å². The highest BCUT2D eigenvalue weighted by atomic mass is 31.1. The maximum atomic E-state index is 2.59. The van der Waals surface area contributed by atoms with Gasteiger partial charge in [-0.1, -0.05) is 60.3 Å². The van der Waals surface area contributed by atoms with Gasteiger partial charge in [0, 0.05) is 0 Å². The molecule has 0 saturated carbocycles. The first kappa shape index (κ1) is 22.9.